The van der Waals surface area contributed by atoms with E-state index in [1.54, 1.807) is 0 Å². The van der Waals surface area contributed by atoms with Crippen molar-refractivity contribution < 1.29 is 17.9 Å². The van der Waals surface area contributed by atoms with E-state index in [4.69, 9.17) is 4.74 Å². The van der Waals surface area contributed by atoms with Crippen LogP contribution in [-0.2, 0) is 26.2 Å². The van der Waals surface area contributed by atoms with Gasteiger partial charge in [-0.1, -0.05) is 30.3 Å². The molecule has 6 nitrogen and oxygen atoms in total. The molecule has 1 atom stereocenters. The minimum Gasteiger partial charge on any atom is -0.464 e. The van der Waals surface area contributed by atoms with Crippen molar-refractivity contribution in [2.75, 3.05) is 27.2 Å². The molecule has 1 aromatic carbocycles. The lowest BCUT2D eigenvalue weighted by atomic mass is 10.1. The molecule has 1 saturated heterocycles. The molecular weight excluding hydrogens is 340 g/mol. The molecule has 0 spiro atoms. The van der Waals surface area contributed by atoms with E-state index in [-0.39, 0.29) is 0 Å². The van der Waals surface area contributed by atoms with Crippen LogP contribution in [0.2, 0.25) is 0 Å². The summed E-state index contributed by atoms with van der Waals surface area (Å²) in [5, 5.41) is 0. The molecule has 0 saturated carbocycles. The first kappa shape index (κ1) is 19.9. The molecule has 1 aliphatic rings. The summed E-state index contributed by atoms with van der Waals surface area (Å²) >= 11 is 0. The van der Waals surface area contributed by atoms with Gasteiger partial charge in [-0.25, -0.2) is 0 Å². The van der Waals surface area contributed by atoms with E-state index in [2.05, 4.69) is 12.1 Å². The fourth-order valence-corrected chi connectivity index (χ4v) is 4.26. The van der Waals surface area contributed by atoms with Gasteiger partial charge in [-0.05, 0) is 44.1 Å². The van der Waals surface area contributed by atoms with Gasteiger partial charge < -0.3 is 4.74 Å². The Morgan fingerprint density at radius 1 is 1.20 bits per heavy atom. The first-order valence-electron chi connectivity index (χ1n) is 8.83. The van der Waals surface area contributed by atoms with Crippen molar-refractivity contribution in [3.8, 4) is 0 Å². The maximum atomic E-state index is 12.4. The van der Waals surface area contributed by atoms with Crippen LogP contribution in [0.25, 0.3) is 0 Å². The van der Waals surface area contributed by atoms with Gasteiger partial charge in [0.1, 0.15) is 6.04 Å². The second-order valence-corrected chi connectivity index (χ2v) is 8.62. The minimum absolute atomic E-state index is 0.331. The number of rotatable bonds is 8. The maximum absolute atomic E-state index is 12.4. The van der Waals surface area contributed by atoms with E-state index in [0.717, 1.165) is 36.4 Å². The average molecular weight is 368 g/mol. The van der Waals surface area contributed by atoms with Gasteiger partial charge in [-0.3, -0.25) is 4.79 Å². The lowest BCUT2D eigenvalue weighted by Gasteiger charge is -2.34. The van der Waals surface area contributed by atoms with E-state index >= 15 is 0 Å². The highest BCUT2D eigenvalue weighted by Gasteiger charge is 2.38. The number of esters is 1. The molecule has 1 aromatic rings. The Morgan fingerprint density at radius 2 is 1.92 bits per heavy atom. The Hall–Kier alpha value is -1.44. The fourth-order valence-electron chi connectivity index (χ4n) is 2.97. The zero-order chi connectivity index (χ0) is 18.3. The molecule has 0 bridgehead atoms. The molecule has 0 radical (unpaired) electrons. The van der Waals surface area contributed by atoms with Crippen LogP contribution < -0.4 is 0 Å². The monoisotopic (exact) mass is 368 g/mol. The number of benzene rings is 1. The highest BCUT2D eigenvalue weighted by molar-refractivity contribution is 7.86. The predicted molar refractivity (Wildman–Crippen MR) is 97.3 cm³/mol. The lowest BCUT2D eigenvalue weighted by Crippen LogP contribution is -2.52. The summed E-state index contributed by atoms with van der Waals surface area (Å²) in [5.41, 5.74) is 1.27. The quantitative estimate of drug-likeness (QED) is 0.521. The average Bonchev–Trinajstić information content (AvgIpc) is 2.62. The lowest BCUT2D eigenvalue weighted by molar-refractivity contribution is -0.149. The number of ether oxygens (including phenoxy) is 1. The third-order valence-corrected chi connectivity index (χ3v) is 6.38. The van der Waals surface area contributed by atoms with Crippen LogP contribution in [0.3, 0.4) is 0 Å². The summed E-state index contributed by atoms with van der Waals surface area (Å²) in [6.45, 7) is 0.701. The summed E-state index contributed by atoms with van der Waals surface area (Å²) in [4.78, 5) is 12.4. The first-order chi connectivity index (χ1) is 11.9. The first-order valence-corrected chi connectivity index (χ1v) is 10.2. The van der Waals surface area contributed by atoms with Crippen LogP contribution in [0.1, 0.15) is 37.7 Å². The molecule has 7 heteroatoms. The van der Waals surface area contributed by atoms with Gasteiger partial charge in [0.2, 0.25) is 0 Å². The molecular formula is C18H28N2O4S. The van der Waals surface area contributed by atoms with Crippen molar-refractivity contribution in [2.24, 2.45) is 0 Å². The number of carbonyl (C=O) groups excluding carboxylic acids is 1. The van der Waals surface area contributed by atoms with Crippen molar-refractivity contribution in [2.45, 2.75) is 44.6 Å². The van der Waals surface area contributed by atoms with Gasteiger partial charge >= 0.3 is 5.97 Å². The largest absolute Gasteiger partial charge is 0.464 e. The Balaban J connectivity index is 1.80. The number of unbranched alkanes of at least 4 members (excludes halogenated alkanes) is 1. The minimum atomic E-state index is -3.60. The Kier molecular flexibility index (Phi) is 7.40. The van der Waals surface area contributed by atoms with Gasteiger partial charge in [0.15, 0.2) is 0 Å². The zero-order valence-corrected chi connectivity index (χ0v) is 15.9. The number of hydrogen-bond donors (Lipinski definition) is 0. The Morgan fingerprint density at radius 3 is 2.60 bits per heavy atom. The second-order valence-electron chi connectivity index (χ2n) is 6.52. The molecule has 0 aliphatic carbocycles. The van der Waals surface area contributed by atoms with Gasteiger partial charge in [0, 0.05) is 20.6 Å². The number of nitrogens with zero attached hydrogens (tertiary/aromatic N) is 2. The molecule has 2 rings (SSSR count). The van der Waals surface area contributed by atoms with E-state index in [9.17, 15) is 13.2 Å². The van der Waals surface area contributed by atoms with Gasteiger partial charge in [0.05, 0.1) is 6.61 Å². The Bertz CT molecular complexity index is 646. The van der Waals surface area contributed by atoms with Crippen molar-refractivity contribution in [1.82, 2.24) is 8.61 Å². The molecule has 0 aromatic heterocycles. The zero-order valence-electron chi connectivity index (χ0n) is 15.1. The van der Waals surface area contributed by atoms with Gasteiger partial charge in [-0.15, -0.1) is 0 Å². The summed E-state index contributed by atoms with van der Waals surface area (Å²) < 4.78 is 32.5. The standard InChI is InChI=1S/C18H28N2O4S/c1-19(2)25(22,23)20-14-8-6-13-17(20)18(21)24-15-9-7-12-16-10-4-3-5-11-16/h3-5,10-11,17H,6-9,12-15H2,1-2H3/t17-/m0/s1. The number of piperidine rings is 1. The second kappa shape index (κ2) is 9.31. The van der Waals surface area contributed by atoms with Crippen LogP contribution in [-0.4, -0.2) is 56.3 Å². The van der Waals surface area contributed by atoms with E-state index < -0.39 is 22.2 Å². The molecule has 140 valence electrons. The van der Waals surface area contributed by atoms with Gasteiger partial charge in [-0.2, -0.15) is 17.0 Å². The number of hydrogen-bond acceptors (Lipinski definition) is 4. The number of carbonyl (C=O) groups is 1. The highest BCUT2D eigenvalue weighted by Crippen LogP contribution is 2.22. The van der Waals surface area contributed by atoms with Crippen molar-refractivity contribution in [3.05, 3.63) is 35.9 Å². The molecule has 1 fully saturated rings. The summed E-state index contributed by atoms with van der Waals surface area (Å²) in [6, 6.07) is 9.48. The van der Waals surface area contributed by atoms with E-state index in [1.165, 1.54) is 24.0 Å². The summed E-state index contributed by atoms with van der Waals surface area (Å²) in [5.74, 6) is -0.426. The predicted octanol–water partition coefficient (Wildman–Crippen LogP) is 2.21. The topological polar surface area (TPSA) is 66.9 Å². The van der Waals surface area contributed by atoms with Crippen LogP contribution in [0, 0.1) is 0 Å². The third-order valence-electron chi connectivity index (χ3n) is 4.43. The molecule has 0 N–H and O–H groups in total. The Labute approximate surface area is 150 Å². The molecule has 25 heavy (non-hydrogen) atoms. The SMILES string of the molecule is CN(C)S(=O)(=O)N1CCCC[C@H]1C(=O)OCCCCc1ccccc1. The van der Waals surface area contributed by atoms with Crippen LogP contribution >= 0.6 is 0 Å². The van der Waals surface area contributed by atoms with Gasteiger partial charge in [0.25, 0.3) is 10.2 Å². The van der Waals surface area contributed by atoms with Crippen molar-refractivity contribution >= 4 is 16.2 Å². The van der Waals surface area contributed by atoms with E-state index in [0.29, 0.717) is 19.6 Å². The molecule has 1 aliphatic heterocycles. The third kappa shape index (κ3) is 5.52. The van der Waals surface area contributed by atoms with Crippen molar-refractivity contribution in [1.29, 1.82) is 0 Å². The smallest absolute Gasteiger partial charge is 0.324 e. The summed E-state index contributed by atoms with van der Waals surface area (Å²) in [6.07, 6.45) is 4.79. The van der Waals surface area contributed by atoms with Crippen LogP contribution in [0.15, 0.2) is 30.3 Å². The number of aryl methyl sites for hydroxylation is 1. The van der Waals surface area contributed by atoms with Crippen LogP contribution in [0.4, 0.5) is 0 Å². The normalized spacial score (nSPS) is 19.1. The molecule has 0 unspecified atom stereocenters. The fraction of sp³-hybridized carbons (Fsp3) is 0.611. The maximum Gasteiger partial charge on any atom is 0.324 e. The van der Waals surface area contributed by atoms with E-state index in [1.807, 2.05) is 18.2 Å². The molecule has 0 amide bonds. The van der Waals surface area contributed by atoms with Crippen molar-refractivity contribution in [3.63, 3.8) is 0 Å². The van der Waals surface area contributed by atoms with Crippen LogP contribution in [0.5, 0.6) is 0 Å². The highest BCUT2D eigenvalue weighted by atomic mass is 32.2. The summed E-state index contributed by atoms with van der Waals surface area (Å²) in [7, 11) is -0.635. The molecule has 1 heterocycles.